The van der Waals surface area contributed by atoms with Crippen LogP contribution in [0.5, 0.6) is 0 Å². The minimum Gasteiger partial charge on any atom is -0.388 e. The Hall–Kier alpha value is -0.0400. The van der Waals surface area contributed by atoms with Gasteiger partial charge in [-0.25, -0.2) is 0 Å². The van der Waals surface area contributed by atoms with Gasteiger partial charge in [0.25, 0.3) is 0 Å². The van der Waals surface area contributed by atoms with Crippen LogP contribution in [0.3, 0.4) is 0 Å². The van der Waals surface area contributed by atoms with E-state index in [0.717, 1.165) is 50.3 Å². The predicted octanol–water partition coefficient (Wildman–Crippen LogP) is 3.24. The normalized spacial score (nSPS) is 25.6. The first-order valence-corrected chi connectivity index (χ1v) is 8.87. The van der Waals surface area contributed by atoms with Gasteiger partial charge in [-0.1, -0.05) is 26.7 Å². The van der Waals surface area contributed by atoms with Crippen molar-refractivity contribution in [3.05, 3.63) is 0 Å². The van der Waals surface area contributed by atoms with Crippen molar-refractivity contribution in [2.45, 2.75) is 64.9 Å². The lowest BCUT2D eigenvalue weighted by molar-refractivity contribution is 0.0416. The molecule has 0 aromatic rings. The van der Waals surface area contributed by atoms with Gasteiger partial charge in [-0.2, -0.15) is 0 Å². The highest BCUT2D eigenvalue weighted by Crippen LogP contribution is 2.36. The second kappa shape index (κ2) is 9.30. The van der Waals surface area contributed by atoms with Crippen LogP contribution >= 0.6 is 24.0 Å². The van der Waals surface area contributed by atoms with Gasteiger partial charge >= 0.3 is 0 Å². The molecule has 0 aromatic carbocycles. The van der Waals surface area contributed by atoms with Crippen LogP contribution < -0.4 is 5.32 Å². The Morgan fingerprint density at radius 1 is 1.14 bits per heavy atom. The highest BCUT2D eigenvalue weighted by molar-refractivity contribution is 14.0. The molecule has 1 aliphatic heterocycles. The zero-order chi connectivity index (χ0) is 15.3. The van der Waals surface area contributed by atoms with Crippen LogP contribution in [-0.2, 0) is 0 Å². The molecule has 2 fully saturated rings. The molecule has 2 rings (SSSR count). The second-order valence-electron chi connectivity index (χ2n) is 6.81. The Morgan fingerprint density at radius 2 is 1.68 bits per heavy atom. The number of likely N-dealkylation sites (tertiary alicyclic amines) is 1. The molecule has 1 saturated heterocycles. The van der Waals surface area contributed by atoms with E-state index in [1.165, 1.54) is 25.7 Å². The van der Waals surface area contributed by atoms with Gasteiger partial charge in [0.2, 0.25) is 0 Å². The number of nitrogens with zero attached hydrogens (tertiary/aromatic N) is 2. The third-order valence-corrected chi connectivity index (χ3v) is 5.45. The maximum atomic E-state index is 10.4. The van der Waals surface area contributed by atoms with Crippen LogP contribution in [0.1, 0.15) is 59.3 Å². The Kier molecular flexibility index (Phi) is 8.46. The van der Waals surface area contributed by atoms with Crippen molar-refractivity contribution in [3.63, 3.8) is 0 Å². The maximum absolute atomic E-state index is 10.4. The monoisotopic (exact) mass is 423 g/mol. The van der Waals surface area contributed by atoms with Crippen molar-refractivity contribution in [2.75, 3.05) is 26.2 Å². The molecule has 22 heavy (non-hydrogen) atoms. The van der Waals surface area contributed by atoms with Gasteiger partial charge in [0, 0.05) is 19.6 Å². The van der Waals surface area contributed by atoms with Gasteiger partial charge in [0.05, 0.1) is 12.1 Å². The number of hydrogen-bond donors (Lipinski definition) is 2. The van der Waals surface area contributed by atoms with Crippen LogP contribution in [0.2, 0.25) is 0 Å². The molecule has 0 bridgehead atoms. The molecule has 0 spiro atoms. The highest BCUT2D eigenvalue weighted by atomic mass is 127. The minimum absolute atomic E-state index is 0. The van der Waals surface area contributed by atoms with Gasteiger partial charge in [-0.3, -0.25) is 4.99 Å². The summed E-state index contributed by atoms with van der Waals surface area (Å²) in [4.78, 5) is 7.18. The molecule has 1 saturated carbocycles. The summed E-state index contributed by atoms with van der Waals surface area (Å²) in [6.07, 6.45) is 7.08. The Bertz CT molecular complexity index is 344. The van der Waals surface area contributed by atoms with Gasteiger partial charge in [-0.05, 0) is 44.4 Å². The Balaban J connectivity index is 0.00000242. The molecule has 4 nitrogen and oxygen atoms in total. The smallest absolute Gasteiger partial charge is 0.194 e. The number of guanidine groups is 1. The van der Waals surface area contributed by atoms with Crippen molar-refractivity contribution < 1.29 is 5.11 Å². The number of halogens is 1. The molecule has 2 atom stereocenters. The number of fused-ring (bicyclic) bond motifs is 1. The number of hydrogen-bond acceptors (Lipinski definition) is 2. The van der Waals surface area contributed by atoms with Crippen molar-refractivity contribution in [1.29, 1.82) is 0 Å². The quantitative estimate of drug-likeness (QED) is 0.406. The Labute approximate surface area is 153 Å². The van der Waals surface area contributed by atoms with Crippen LogP contribution in [0, 0.1) is 11.8 Å². The number of nitrogens with one attached hydrogen (secondary N) is 1. The van der Waals surface area contributed by atoms with Crippen molar-refractivity contribution >= 4 is 29.9 Å². The maximum Gasteiger partial charge on any atom is 0.194 e. The van der Waals surface area contributed by atoms with Crippen LogP contribution in [0.25, 0.3) is 0 Å². The van der Waals surface area contributed by atoms with E-state index in [2.05, 4.69) is 17.1 Å². The molecule has 2 aliphatic rings. The van der Waals surface area contributed by atoms with Gasteiger partial charge in [0.1, 0.15) is 0 Å². The van der Waals surface area contributed by atoms with Crippen LogP contribution in [0.15, 0.2) is 4.99 Å². The average molecular weight is 423 g/mol. The lowest BCUT2D eigenvalue weighted by Crippen LogP contribution is -2.42. The van der Waals surface area contributed by atoms with E-state index in [1.54, 1.807) is 0 Å². The summed E-state index contributed by atoms with van der Waals surface area (Å²) in [5.74, 6) is 2.73. The standard InChI is InChI=1S/C17H33N3O.HI/c1-4-17(21,5-2)13-19-16(18-6-3)20-11-14-9-7-8-10-15(14)12-20;/h14-15,21H,4-13H2,1-3H3,(H,18,19);1H. The summed E-state index contributed by atoms with van der Waals surface area (Å²) < 4.78 is 0. The summed E-state index contributed by atoms with van der Waals surface area (Å²) in [6.45, 7) is 9.88. The zero-order valence-electron chi connectivity index (χ0n) is 14.5. The molecule has 0 aromatic heterocycles. The number of aliphatic hydroxyl groups is 1. The summed E-state index contributed by atoms with van der Waals surface area (Å²) in [6, 6.07) is 0. The first-order valence-electron chi connectivity index (χ1n) is 8.87. The van der Waals surface area contributed by atoms with Gasteiger partial charge < -0.3 is 15.3 Å². The summed E-state index contributed by atoms with van der Waals surface area (Å²) in [7, 11) is 0. The van der Waals surface area contributed by atoms with E-state index in [4.69, 9.17) is 4.99 Å². The molecule has 2 unspecified atom stereocenters. The molecule has 1 heterocycles. The van der Waals surface area contributed by atoms with Crippen molar-refractivity contribution in [2.24, 2.45) is 16.8 Å². The largest absolute Gasteiger partial charge is 0.388 e. The highest BCUT2D eigenvalue weighted by Gasteiger charge is 2.35. The number of aliphatic imine (C=N–C) groups is 1. The summed E-state index contributed by atoms with van der Waals surface area (Å²) in [5.41, 5.74) is -0.646. The predicted molar refractivity (Wildman–Crippen MR) is 104 cm³/mol. The molecule has 130 valence electrons. The van der Waals surface area contributed by atoms with E-state index < -0.39 is 5.60 Å². The van der Waals surface area contributed by atoms with E-state index in [9.17, 15) is 5.11 Å². The summed E-state index contributed by atoms with van der Waals surface area (Å²) in [5, 5.41) is 13.9. The molecule has 1 aliphatic carbocycles. The molecular formula is C17H34IN3O. The van der Waals surface area contributed by atoms with Crippen LogP contribution in [0.4, 0.5) is 0 Å². The first kappa shape index (κ1) is 20.0. The lowest BCUT2D eigenvalue weighted by Gasteiger charge is -2.26. The van der Waals surface area contributed by atoms with E-state index in [0.29, 0.717) is 6.54 Å². The molecule has 0 amide bonds. The minimum atomic E-state index is -0.646. The lowest BCUT2D eigenvalue weighted by atomic mass is 9.82. The van der Waals surface area contributed by atoms with Gasteiger partial charge in [-0.15, -0.1) is 24.0 Å². The van der Waals surface area contributed by atoms with Crippen molar-refractivity contribution in [3.8, 4) is 0 Å². The molecular weight excluding hydrogens is 389 g/mol. The average Bonchev–Trinajstić information content (AvgIpc) is 2.94. The van der Waals surface area contributed by atoms with E-state index >= 15 is 0 Å². The van der Waals surface area contributed by atoms with E-state index in [-0.39, 0.29) is 24.0 Å². The fraction of sp³-hybridized carbons (Fsp3) is 0.941. The van der Waals surface area contributed by atoms with E-state index in [1.807, 2.05) is 13.8 Å². The Morgan fingerprint density at radius 3 is 2.14 bits per heavy atom. The summed E-state index contributed by atoms with van der Waals surface area (Å²) >= 11 is 0. The third kappa shape index (κ3) is 4.98. The SMILES string of the molecule is CCNC(=NCC(O)(CC)CC)N1CC2CCCCC2C1.I. The fourth-order valence-electron chi connectivity index (χ4n) is 3.70. The topological polar surface area (TPSA) is 47.9 Å². The van der Waals surface area contributed by atoms with Crippen molar-refractivity contribution in [1.82, 2.24) is 10.2 Å². The van der Waals surface area contributed by atoms with Crippen LogP contribution in [-0.4, -0.2) is 47.7 Å². The number of rotatable bonds is 5. The first-order chi connectivity index (χ1) is 10.1. The molecule has 5 heteroatoms. The van der Waals surface area contributed by atoms with Gasteiger partial charge in [0.15, 0.2) is 5.96 Å². The molecule has 0 radical (unpaired) electrons. The second-order valence-corrected chi connectivity index (χ2v) is 6.81. The fourth-order valence-corrected chi connectivity index (χ4v) is 3.70. The zero-order valence-corrected chi connectivity index (χ0v) is 16.8. The molecule has 2 N–H and O–H groups in total. The third-order valence-electron chi connectivity index (χ3n) is 5.45.